The van der Waals surface area contributed by atoms with E-state index in [2.05, 4.69) is 17.0 Å². The number of alkyl halides is 3. The molecule has 0 bridgehead atoms. The van der Waals surface area contributed by atoms with Gasteiger partial charge in [-0.3, -0.25) is 0 Å². The van der Waals surface area contributed by atoms with Crippen molar-refractivity contribution in [3.8, 4) is 0 Å². The smallest absolute Gasteiger partial charge is 0.372 e. The van der Waals surface area contributed by atoms with Crippen molar-refractivity contribution in [3.63, 3.8) is 0 Å². The summed E-state index contributed by atoms with van der Waals surface area (Å²) in [5.74, 6) is 0. The second-order valence-electron chi connectivity index (χ2n) is 3.67. The van der Waals surface area contributed by atoms with E-state index in [1.807, 2.05) is 6.92 Å². The molecule has 0 amide bonds. The van der Waals surface area contributed by atoms with Crippen LogP contribution in [0.2, 0.25) is 0 Å². The maximum absolute atomic E-state index is 11.7. The van der Waals surface area contributed by atoms with Crippen LogP contribution in [0.3, 0.4) is 0 Å². The molecule has 1 atom stereocenters. The first-order valence-electron chi connectivity index (χ1n) is 5.33. The van der Waals surface area contributed by atoms with Crippen LogP contribution in [0, 0.1) is 0 Å². The van der Waals surface area contributed by atoms with Crippen LogP contribution in [-0.2, 0) is 4.74 Å². The molecular weight excluding hydrogens is 207 g/mol. The Labute approximate surface area is 89.2 Å². The zero-order valence-electron chi connectivity index (χ0n) is 9.36. The number of hydrogen-bond acceptors (Lipinski definition) is 2. The quantitative estimate of drug-likeness (QED) is 0.644. The minimum atomic E-state index is -4.20. The van der Waals surface area contributed by atoms with Gasteiger partial charge in [-0.1, -0.05) is 6.92 Å². The lowest BCUT2D eigenvalue weighted by molar-refractivity contribution is -0.174. The molecule has 15 heavy (non-hydrogen) atoms. The molecule has 0 fully saturated rings. The van der Waals surface area contributed by atoms with Crippen LogP contribution in [0.25, 0.3) is 0 Å². The minimum absolute atomic E-state index is 0.178. The lowest BCUT2D eigenvalue weighted by Gasteiger charge is -2.13. The predicted molar refractivity (Wildman–Crippen MR) is 53.9 cm³/mol. The molecule has 0 saturated heterocycles. The minimum Gasteiger partial charge on any atom is -0.372 e. The number of nitrogens with one attached hydrogen (secondary N) is 1. The first kappa shape index (κ1) is 14.7. The summed E-state index contributed by atoms with van der Waals surface area (Å²) in [5.41, 5.74) is 0. The summed E-state index contributed by atoms with van der Waals surface area (Å²) in [5, 5.41) is 3.26. The number of ether oxygens (including phenoxy) is 1. The molecule has 0 spiro atoms. The highest BCUT2D eigenvalue weighted by Gasteiger charge is 2.27. The van der Waals surface area contributed by atoms with Gasteiger partial charge in [0.25, 0.3) is 0 Å². The third kappa shape index (κ3) is 11.6. The zero-order chi connectivity index (χ0) is 11.7. The fraction of sp³-hybridized carbons (Fsp3) is 1.00. The molecule has 0 aliphatic carbocycles. The van der Waals surface area contributed by atoms with Gasteiger partial charge in [-0.2, -0.15) is 13.2 Å². The lowest BCUT2D eigenvalue weighted by atomic mass is 10.2. The fourth-order valence-electron chi connectivity index (χ4n) is 1.17. The van der Waals surface area contributed by atoms with Gasteiger partial charge >= 0.3 is 6.18 Å². The van der Waals surface area contributed by atoms with Gasteiger partial charge in [-0.25, -0.2) is 0 Å². The van der Waals surface area contributed by atoms with Gasteiger partial charge in [-0.15, -0.1) is 0 Å². The lowest BCUT2D eigenvalue weighted by Crippen LogP contribution is -2.27. The Bertz CT molecular complexity index is 150. The van der Waals surface area contributed by atoms with Crippen molar-refractivity contribution in [2.24, 2.45) is 0 Å². The molecule has 1 unspecified atom stereocenters. The summed E-state index contributed by atoms with van der Waals surface area (Å²) in [7, 11) is 0. The van der Waals surface area contributed by atoms with E-state index >= 15 is 0 Å². The van der Waals surface area contributed by atoms with Crippen molar-refractivity contribution < 1.29 is 17.9 Å². The Morgan fingerprint density at radius 3 is 2.53 bits per heavy atom. The maximum atomic E-state index is 11.7. The van der Waals surface area contributed by atoms with Crippen molar-refractivity contribution in [1.29, 1.82) is 0 Å². The summed E-state index contributed by atoms with van der Waals surface area (Å²) in [6, 6.07) is 0.347. The molecule has 0 saturated carbocycles. The zero-order valence-corrected chi connectivity index (χ0v) is 9.36. The molecule has 0 aliphatic rings. The van der Waals surface area contributed by atoms with Gasteiger partial charge in [0.2, 0.25) is 0 Å². The molecule has 0 radical (unpaired) electrons. The highest BCUT2D eigenvalue weighted by atomic mass is 19.4. The summed E-state index contributed by atoms with van der Waals surface area (Å²) >= 11 is 0. The number of rotatable bonds is 8. The van der Waals surface area contributed by atoms with E-state index in [1.54, 1.807) is 0 Å². The molecule has 0 aromatic carbocycles. The van der Waals surface area contributed by atoms with Gasteiger partial charge in [0.05, 0.1) is 0 Å². The molecular formula is C10H20F3NO. The molecule has 0 rings (SSSR count). The van der Waals surface area contributed by atoms with Crippen LogP contribution < -0.4 is 5.32 Å². The number of halogens is 3. The average molecular weight is 227 g/mol. The van der Waals surface area contributed by atoms with E-state index in [9.17, 15) is 13.2 Å². The van der Waals surface area contributed by atoms with Crippen LogP contribution in [0.15, 0.2) is 0 Å². The molecule has 2 nitrogen and oxygen atoms in total. The third-order valence-corrected chi connectivity index (χ3v) is 1.93. The summed E-state index contributed by atoms with van der Waals surface area (Å²) in [6.07, 6.45) is -1.63. The van der Waals surface area contributed by atoms with Crippen LogP contribution in [0.4, 0.5) is 13.2 Å². The molecule has 92 valence electrons. The molecule has 0 aromatic rings. The van der Waals surface area contributed by atoms with Crippen molar-refractivity contribution >= 4 is 0 Å². The van der Waals surface area contributed by atoms with Gasteiger partial charge in [0.1, 0.15) is 6.61 Å². The summed E-state index contributed by atoms with van der Waals surface area (Å²) in [4.78, 5) is 0. The van der Waals surface area contributed by atoms with Gasteiger partial charge in [0.15, 0.2) is 0 Å². The van der Waals surface area contributed by atoms with E-state index in [-0.39, 0.29) is 6.61 Å². The average Bonchev–Trinajstić information content (AvgIpc) is 2.12. The highest BCUT2D eigenvalue weighted by Crippen LogP contribution is 2.14. The Morgan fingerprint density at radius 2 is 2.00 bits per heavy atom. The third-order valence-electron chi connectivity index (χ3n) is 1.93. The topological polar surface area (TPSA) is 21.3 Å². The van der Waals surface area contributed by atoms with Crippen molar-refractivity contribution in [3.05, 3.63) is 0 Å². The van der Waals surface area contributed by atoms with Gasteiger partial charge < -0.3 is 10.1 Å². The normalized spacial score (nSPS) is 14.2. The van der Waals surface area contributed by atoms with Crippen LogP contribution in [-0.4, -0.2) is 32.0 Å². The van der Waals surface area contributed by atoms with Gasteiger partial charge in [-0.05, 0) is 32.7 Å². The molecule has 0 heterocycles. The van der Waals surface area contributed by atoms with Crippen LogP contribution >= 0.6 is 0 Å². The SMILES string of the molecule is CCCNC(C)CCCOCC(F)(F)F. The molecule has 1 N–H and O–H groups in total. The van der Waals surface area contributed by atoms with Crippen molar-refractivity contribution in [2.45, 2.75) is 45.3 Å². The standard InChI is InChI=1S/C10H20F3NO/c1-3-6-14-9(2)5-4-7-15-8-10(11,12)13/h9,14H,3-8H2,1-2H3. The Morgan fingerprint density at radius 1 is 1.33 bits per heavy atom. The first-order valence-corrected chi connectivity index (χ1v) is 5.33. The van der Waals surface area contributed by atoms with E-state index in [0.717, 1.165) is 19.4 Å². The molecule has 0 aliphatic heterocycles. The van der Waals surface area contributed by atoms with Crippen molar-refractivity contribution in [2.75, 3.05) is 19.8 Å². The predicted octanol–water partition coefficient (Wildman–Crippen LogP) is 2.73. The highest BCUT2D eigenvalue weighted by molar-refractivity contribution is 4.59. The second-order valence-corrected chi connectivity index (χ2v) is 3.67. The van der Waals surface area contributed by atoms with E-state index in [1.165, 1.54) is 0 Å². The van der Waals surface area contributed by atoms with Crippen LogP contribution in [0.1, 0.15) is 33.1 Å². The number of hydrogen-bond donors (Lipinski definition) is 1. The monoisotopic (exact) mass is 227 g/mol. The van der Waals surface area contributed by atoms with E-state index in [4.69, 9.17) is 0 Å². The Kier molecular flexibility index (Phi) is 7.78. The second kappa shape index (κ2) is 7.93. The van der Waals surface area contributed by atoms with Crippen molar-refractivity contribution in [1.82, 2.24) is 5.32 Å². The van der Waals surface area contributed by atoms with Crippen LogP contribution in [0.5, 0.6) is 0 Å². The molecule has 0 aromatic heterocycles. The van der Waals surface area contributed by atoms with E-state index in [0.29, 0.717) is 12.5 Å². The van der Waals surface area contributed by atoms with E-state index < -0.39 is 12.8 Å². The maximum Gasteiger partial charge on any atom is 0.411 e. The molecule has 5 heteroatoms. The Hall–Kier alpha value is -0.290. The van der Waals surface area contributed by atoms with Gasteiger partial charge in [0, 0.05) is 12.6 Å². The largest absolute Gasteiger partial charge is 0.411 e. The summed E-state index contributed by atoms with van der Waals surface area (Å²) < 4.78 is 39.5. The first-order chi connectivity index (χ1) is 6.95. The summed E-state index contributed by atoms with van der Waals surface area (Å²) in [6.45, 7) is 4.09. The fourth-order valence-corrected chi connectivity index (χ4v) is 1.17. The Balaban J connectivity index is 3.23.